The summed E-state index contributed by atoms with van der Waals surface area (Å²) < 4.78 is 20.0. The van der Waals surface area contributed by atoms with Crippen LogP contribution in [0, 0.1) is 0 Å². The number of phosphoric ester groups is 1. The first-order valence-electron chi connectivity index (χ1n) is 3.62. The number of carbonyl (C=O) groups excluding carboxylic acids is 1. The molecule has 0 aliphatic rings. The summed E-state index contributed by atoms with van der Waals surface area (Å²) in [5, 5.41) is 0. The van der Waals surface area contributed by atoms with Gasteiger partial charge in [-0.2, -0.15) is 0 Å². The number of hydrogen-bond acceptors (Lipinski definition) is 4. The number of hydrogen-bond donors (Lipinski definition) is 1. The van der Waals surface area contributed by atoms with Crippen LogP contribution in [0.1, 0.15) is 13.8 Å². The molecule has 0 radical (unpaired) electrons. The Morgan fingerprint density at radius 1 is 1.54 bits per heavy atom. The van der Waals surface area contributed by atoms with Gasteiger partial charge in [0.15, 0.2) is 0 Å². The third-order valence-corrected chi connectivity index (χ3v) is 2.68. The molecule has 3 atom stereocenters. The molecule has 0 spiro atoms. The summed E-state index contributed by atoms with van der Waals surface area (Å²) in [5.74, 6) is 0.0728. The van der Waals surface area contributed by atoms with Gasteiger partial charge < -0.3 is 9.69 Å². The first-order chi connectivity index (χ1) is 5.91. The van der Waals surface area contributed by atoms with Gasteiger partial charge in [0, 0.05) is 5.88 Å². The minimum Gasteiger partial charge on any atom is -0.302 e. The van der Waals surface area contributed by atoms with E-state index in [2.05, 4.69) is 9.05 Å². The van der Waals surface area contributed by atoms with Crippen LogP contribution in [-0.4, -0.2) is 29.3 Å². The fourth-order valence-electron chi connectivity index (χ4n) is 0.515. The van der Waals surface area contributed by atoms with Gasteiger partial charge in [-0.15, -0.1) is 11.6 Å². The second-order valence-corrected chi connectivity index (χ2v) is 4.15. The molecule has 0 heterocycles. The van der Waals surface area contributed by atoms with E-state index in [9.17, 15) is 9.36 Å². The zero-order chi connectivity index (χ0) is 10.5. The molecule has 3 unspecified atom stereocenters. The highest BCUT2D eigenvalue weighted by molar-refractivity contribution is 7.47. The predicted molar refractivity (Wildman–Crippen MR) is 47.7 cm³/mol. The molecule has 1 N–H and O–H groups in total. The van der Waals surface area contributed by atoms with E-state index in [1.807, 2.05) is 0 Å². The van der Waals surface area contributed by atoms with Gasteiger partial charge in [0.05, 0.1) is 6.10 Å². The van der Waals surface area contributed by atoms with Crippen LogP contribution >= 0.6 is 19.4 Å². The van der Waals surface area contributed by atoms with Crippen molar-refractivity contribution in [2.75, 3.05) is 5.88 Å². The van der Waals surface area contributed by atoms with Crippen molar-refractivity contribution in [3.8, 4) is 0 Å². The third kappa shape index (κ3) is 6.18. The van der Waals surface area contributed by atoms with Gasteiger partial charge in [-0.05, 0) is 13.8 Å². The highest BCUT2D eigenvalue weighted by Gasteiger charge is 2.26. The molecule has 0 aliphatic heterocycles. The highest BCUT2D eigenvalue weighted by Crippen LogP contribution is 2.45. The normalized spacial score (nSPS) is 20.3. The van der Waals surface area contributed by atoms with Crippen molar-refractivity contribution in [1.29, 1.82) is 0 Å². The van der Waals surface area contributed by atoms with E-state index >= 15 is 0 Å². The molecule has 0 aromatic heterocycles. The van der Waals surface area contributed by atoms with E-state index in [0.29, 0.717) is 6.29 Å². The average molecular weight is 231 g/mol. The van der Waals surface area contributed by atoms with E-state index in [0.717, 1.165) is 0 Å². The van der Waals surface area contributed by atoms with Crippen LogP contribution in [0.5, 0.6) is 0 Å². The van der Waals surface area contributed by atoms with Crippen LogP contribution < -0.4 is 0 Å². The molecule has 0 aromatic rings. The second-order valence-electron chi connectivity index (χ2n) is 2.49. The van der Waals surface area contributed by atoms with Crippen molar-refractivity contribution in [3.05, 3.63) is 0 Å². The Balaban J connectivity index is 4.07. The van der Waals surface area contributed by atoms with Gasteiger partial charge in [-0.25, -0.2) is 4.57 Å². The van der Waals surface area contributed by atoms with E-state index in [1.54, 1.807) is 0 Å². The lowest BCUT2D eigenvalue weighted by Gasteiger charge is -2.16. The molecule has 0 aliphatic carbocycles. The Morgan fingerprint density at radius 3 is 2.46 bits per heavy atom. The molecule has 0 saturated carbocycles. The van der Waals surface area contributed by atoms with Crippen LogP contribution in [0.4, 0.5) is 0 Å². The third-order valence-electron chi connectivity index (χ3n) is 1.02. The first-order valence-corrected chi connectivity index (χ1v) is 5.65. The Morgan fingerprint density at radius 2 is 2.08 bits per heavy atom. The van der Waals surface area contributed by atoms with E-state index in [-0.39, 0.29) is 5.88 Å². The highest BCUT2D eigenvalue weighted by atomic mass is 35.5. The van der Waals surface area contributed by atoms with E-state index in [4.69, 9.17) is 16.5 Å². The molecule has 0 amide bonds. The van der Waals surface area contributed by atoms with Crippen molar-refractivity contribution in [2.24, 2.45) is 0 Å². The van der Waals surface area contributed by atoms with Crippen LogP contribution in [-0.2, 0) is 18.4 Å². The number of halogens is 1. The lowest BCUT2D eigenvalue weighted by atomic mass is 10.5. The van der Waals surface area contributed by atoms with Gasteiger partial charge in [-0.3, -0.25) is 9.05 Å². The van der Waals surface area contributed by atoms with Crippen LogP contribution in [0.3, 0.4) is 0 Å². The lowest BCUT2D eigenvalue weighted by Crippen LogP contribution is -2.13. The Bertz CT molecular complexity index is 209. The van der Waals surface area contributed by atoms with Crippen LogP contribution in [0.15, 0.2) is 0 Å². The predicted octanol–water partition coefficient (Wildman–Crippen LogP) is 1.33. The van der Waals surface area contributed by atoms with Crippen molar-refractivity contribution in [1.82, 2.24) is 0 Å². The van der Waals surface area contributed by atoms with Crippen LogP contribution in [0.2, 0.25) is 0 Å². The summed E-state index contributed by atoms with van der Waals surface area (Å²) >= 11 is 5.35. The molecule has 5 nitrogen and oxygen atoms in total. The van der Waals surface area contributed by atoms with E-state index in [1.165, 1.54) is 13.8 Å². The number of aldehydes is 1. The standard InChI is InChI=1S/C6H12ClO5P/c1-5(3-7)11-13(9,10)12-6(2)4-8/h4-6H,3H2,1-2H3,(H,9,10). The number of phosphoric acid groups is 1. The molecule has 0 aromatic carbocycles. The molecule has 78 valence electrons. The molecule has 7 heteroatoms. The Hall–Kier alpha value is 0.0700. The number of rotatable bonds is 6. The van der Waals surface area contributed by atoms with Crippen molar-refractivity contribution in [3.63, 3.8) is 0 Å². The van der Waals surface area contributed by atoms with Gasteiger partial charge in [-0.1, -0.05) is 0 Å². The first kappa shape index (κ1) is 13.1. The van der Waals surface area contributed by atoms with Crippen molar-refractivity contribution in [2.45, 2.75) is 26.1 Å². The van der Waals surface area contributed by atoms with Gasteiger partial charge >= 0.3 is 7.82 Å². The maximum absolute atomic E-state index is 11.0. The maximum Gasteiger partial charge on any atom is 0.473 e. The summed E-state index contributed by atoms with van der Waals surface area (Å²) in [6.07, 6.45) is -1.17. The molecular formula is C6H12ClO5P. The topological polar surface area (TPSA) is 72.8 Å². The summed E-state index contributed by atoms with van der Waals surface area (Å²) in [6, 6.07) is 0. The summed E-state index contributed by atoms with van der Waals surface area (Å²) in [4.78, 5) is 19.1. The van der Waals surface area contributed by atoms with Gasteiger partial charge in [0.25, 0.3) is 0 Å². The zero-order valence-corrected chi connectivity index (χ0v) is 8.99. The second kappa shape index (κ2) is 5.73. The lowest BCUT2D eigenvalue weighted by molar-refractivity contribution is -0.114. The van der Waals surface area contributed by atoms with Crippen molar-refractivity contribution < 1.29 is 23.3 Å². The average Bonchev–Trinajstić information content (AvgIpc) is 2.02. The SMILES string of the molecule is CC(C=O)OP(=O)(O)OC(C)CCl. The van der Waals surface area contributed by atoms with Crippen molar-refractivity contribution >= 4 is 25.7 Å². The Labute approximate surface area is 81.6 Å². The van der Waals surface area contributed by atoms with Gasteiger partial charge in [0.1, 0.15) is 12.4 Å². The molecule has 0 bridgehead atoms. The van der Waals surface area contributed by atoms with E-state index < -0.39 is 20.0 Å². The Kier molecular flexibility index (Phi) is 5.76. The van der Waals surface area contributed by atoms with Gasteiger partial charge in [0.2, 0.25) is 0 Å². The maximum atomic E-state index is 11.0. The molecule has 0 saturated heterocycles. The minimum atomic E-state index is -4.15. The number of carbonyl (C=O) groups is 1. The summed E-state index contributed by atoms with van der Waals surface area (Å²) in [7, 11) is -4.15. The summed E-state index contributed by atoms with van der Waals surface area (Å²) in [5.41, 5.74) is 0. The molecule has 13 heavy (non-hydrogen) atoms. The molecular weight excluding hydrogens is 218 g/mol. The molecule has 0 rings (SSSR count). The summed E-state index contributed by atoms with van der Waals surface area (Å²) in [6.45, 7) is 2.86. The minimum absolute atomic E-state index is 0.0728. The quantitative estimate of drug-likeness (QED) is 0.423. The fourth-order valence-corrected chi connectivity index (χ4v) is 1.72. The zero-order valence-electron chi connectivity index (χ0n) is 7.34. The fraction of sp³-hybridized carbons (Fsp3) is 0.833. The monoisotopic (exact) mass is 230 g/mol. The molecule has 0 fully saturated rings. The number of alkyl halides is 1. The largest absolute Gasteiger partial charge is 0.473 e. The van der Waals surface area contributed by atoms with Crippen LogP contribution in [0.25, 0.3) is 0 Å². The smallest absolute Gasteiger partial charge is 0.302 e.